The van der Waals surface area contributed by atoms with Crippen molar-refractivity contribution in [2.45, 2.75) is 6.92 Å². The van der Waals surface area contributed by atoms with Crippen molar-refractivity contribution in [1.82, 2.24) is 15.1 Å². The molecule has 136 valence electrons. The Kier molecular flexibility index (Phi) is 4.08. The normalized spacial score (nSPS) is 11.0. The molecular weight excluding hydrogens is 353 g/mol. The molecule has 8 heteroatoms. The first kappa shape index (κ1) is 16.8. The number of ether oxygens (including phenoxy) is 1. The summed E-state index contributed by atoms with van der Waals surface area (Å²) in [5, 5.41) is 14.6. The fraction of sp³-hybridized carbons (Fsp3) is 0.105. The fourth-order valence-corrected chi connectivity index (χ4v) is 2.76. The maximum atomic E-state index is 13.3. The van der Waals surface area contributed by atoms with Gasteiger partial charge in [-0.1, -0.05) is 5.16 Å². The topological polar surface area (TPSA) is 101 Å². The van der Waals surface area contributed by atoms with Crippen molar-refractivity contribution in [3.8, 4) is 34.3 Å². The van der Waals surface area contributed by atoms with Gasteiger partial charge >= 0.3 is 0 Å². The van der Waals surface area contributed by atoms with Gasteiger partial charge in [0.1, 0.15) is 22.9 Å². The zero-order valence-corrected chi connectivity index (χ0v) is 14.2. The lowest BCUT2D eigenvalue weighted by Crippen LogP contribution is -2.09. The maximum Gasteiger partial charge on any atom is 0.267 e. The zero-order valence-electron chi connectivity index (χ0n) is 14.2. The van der Waals surface area contributed by atoms with Crippen LogP contribution in [0.1, 0.15) is 6.92 Å². The molecule has 2 heterocycles. The van der Waals surface area contributed by atoms with Crippen molar-refractivity contribution < 1.29 is 18.8 Å². The summed E-state index contributed by atoms with van der Waals surface area (Å²) in [6, 6.07) is 10.7. The number of aromatic hydroxyl groups is 1. The summed E-state index contributed by atoms with van der Waals surface area (Å²) >= 11 is 0. The number of hydrogen-bond donors (Lipinski definition) is 2. The van der Waals surface area contributed by atoms with Gasteiger partial charge < -0.3 is 19.4 Å². The van der Waals surface area contributed by atoms with Crippen LogP contribution < -0.4 is 10.3 Å². The van der Waals surface area contributed by atoms with Gasteiger partial charge in [0.05, 0.1) is 12.1 Å². The second-order valence-corrected chi connectivity index (χ2v) is 5.75. The maximum absolute atomic E-state index is 13.3. The van der Waals surface area contributed by atoms with Crippen LogP contribution >= 0.6 is 0 Å². The predicted octanol–water partition coefficient (Wildman–Crippen LogP) is 3.49. The molecule has 0 spiro atoms. The average Bonchev–Trinajstić information content (AvgIpc) is 3.12. The standard InChI is InChI=1S/C19H14FN3O4/c1-2-26-12-6-3-10(4-7-12)17-22-19(27-23-17)15-16(24)13-8-5-11(20)9-14(13)21-18(15)25/h3-9H,2H2,1H3,(H2,21,24,25). The van der Waals surface area contributed by atoms with Crippen LogP contribution in [0.2, 0.25) is 0 Å². The molecule has 7 nitrogen and oxygen atoms in total. The number of hydrogen-bond acceptors (Lipinski definition) is 6. The Morgan fingerprint density at radius 3 is 2.74 bits per heavy atom. The Morgan fingerprint density at radius 1 is 1.22 bits per heavy atom. The van der Waals surface area contributed by atoms with Crippen LogP contribution in [0.4, 0.5) is 4.39 Å². The molecule has 0 saturated heterocycles. The summed E-state index contributed by atoms with van der Waals surface area (Å²) in [6.07, 6.45) is 0. The quantitative estimate of drug-likeness (QED) is 0.573. The van der Waals surface area contributed by atoms with E-state index in [0.717, 1.165) is 6.07 Å². The summed E-state index contributed by atoms with van der Waals surface area (Å²) in [4.78, 5) is 19.1. The lowest BCUT2D eigenvalue weighted by Gasteiger charge is -2.04. The Balaban J connectivity index is 1.77. The Labute approximate surface area is 152 Å². The molecule has 0 radical (unpaired) electrons. The van der Waals surface area contributed by atoms with E-state index in [2.05, 4.69) is 15.1 Å². The van der Waals surface area contributed by atoms with Crippen LogP contribution in [0.3, 0.4) is 0 Å². The molecule has 0 amide bonds. The van der Waals surface area contributed by atoms with E-state index in [1.165, 1.54) is 12.1 Å². The summed E-state index contributed by atoms with van der Waals surface area (Å²) < 4.78 is 23.9. The summed E-state index contributed by atoms with van der Waals surface area (Å²) in [6.45, 7) is 2.45. The number of pyridine rings is 1. The van der Waals surface area contributed by atoms with Crippen molar-refractivity contribution in [2.24, 2.45) is 0 Å². The Morgan fingerprint density at radius 2 is 2.00 bits per heavy atom. The number of halogens is 1. The van der Waals surface area contributed by atoms with Gasteiger partial charge in [0.15, 0.2) is 0 Å². The number of aromatic amines is 1. The third-order valence-corrected chi connectivity index (χ3v) is 4.01. The molecule has 2 aromatic heterocycles. The van der Waals surface area contributed by atoms with Gasteiger partial charge in [-0.05, 0) is 49.4 Å². The molecule has 27 heavy (non-hydrogen) atoms. The third kappa shape index (κ3) is 3.01. The number of benzene rings is 2. The van der Waals surface area contributed by atoms with Crippen molar-refractivity contribution in [3.05, 3.63) is 58.6 Å². The van der Waals surface area contributed by atoms with E-state index in [4.69, 9.17) is 9.26 Å². The predicted molar refractivity (Wildman–Crippen MR) is 96.1 cm³/mol. The van der Waals surface area contributed by atoms with E-state index in [1.54, 1.807) is 24.3 Å². The highest BCUT2D eigenvalue weighted by Crippen LogP contribution is 2.32. The number of aromatic nitrogens is 3. The number of fused-ring (bicyclic) bond motifs is 1. The lowest BCUT2D eigenvalue weighted by atomic mass is 10.1. The summed E-state index contributed by atoms with van der Waals surface area (Å²) in [5.74, 6) is -0.0488. The van der Waals surface area contributed by atoms with E-state index in [-0.39, 0.29) is 33.9 Å². The molecule has 0 atom stereocenters. The van der Waals surface area contributed by atoms with E-state index in [9.17, 15) is 14.3 Å². The van der Waals surface area contributed by atoms with Gasteiger partial charge in [0.25, 0.3) is 11.4 Å². The highest BCUT2D eigenvalue weighted by Gasteiger charge is 2.20. The smallest absolute Gasteiger partial charge is 0.267 e. The molecule has 0 unspecified atom stereocenters. The van der Waals surface area contributed by atoms with E-state index >= 15 is 0 Å². The Bertz CT molecular complexity index is 1180. The van der Waals surface area contributed by atoms with Crippen LogP contribution in [-0.2, 0) is 0 Å². The van der Waals surface area contributed by atoms with Gasteiger partial charge in [0, 0.05) is 10.9 Å². The minimum atomic E-state index is -0.660. The molecule has 4 rings (SSSR count). The first-order valence-corrected chi connectivity index (χ1v) is 8.18. The molecular formula is C19H14FN3O4. The molecule has 0 bridgehead atoms. The summed E-state index contributed by atoms with van der Waals surface area (Å²) in [7, 11) is 0. The van der Waals surface area contributed by atoms with Gasteiger partial charge in [-0.2, -0.15) is 4.98 Å². The molecule has 2 aromatic carbocycles. The number of nitrogens with zero attached hydrogens (tertiary/aromatic N) is 2. The molecule has 0 aliphatic heterocycles. The van der Waals surface area contributed by atoms with Gasteiger partial charge in [-0.3, -0.25) is 4.79 Å². The van der Waals surface area contributed by atoms with E-state index in [1.807, 2.05) is 6.92 Å². The minimum Gasteiger partial charge on any atom is -0.506 e. The number of rotatable bonds is 4. The van der Waals surface area contributed by atoms with Crippen molar-refractivity contribution >= 4 is 10.9 Å². The molecule has 4 aromatic rings. The van der Waals surface area contributed by atoms with Crippen molar-refractivity contribution in [3.63, 3.8) is 0 Å². The second-order valence-electron chi connectivity index (χ2n) is 5.75. The lowest BCUT2D eigenvalue weighted by molar-refractivity contribution is 0.340. The zero-order chi connectivity index (χ0) is 19.0. The first-order valence-electron chi connectivity index (χ1n) is 8.18. The largest absolute Gasteiger partial charge is 0.506 e. The highest BCUT2D eigenvalue weighted by molar-refractivity contribution is 5.90. The van der Waals surface area contributed by atoms with Crippen molar-refractivity contribution in [1.29, 1.82) is 0 Å². The van der Waals surface area contributed by atoms with Crippen molar-refractivity contribution in [2.75, 3.05) is 6.61 Å². The molecule has 0 fully saturated rings. The fourth-order valence-electron chi connectivity index (χ4n) is 2.76. The van der Waals surface area contributed by atoms with Crippen LogP contribution in [0.25, 0.3) is 33.7 Å². The number of H-pyrrole nitrogens is 1. The molecule has 2 N–H and O–H groups in total. The molecule has 0 aliphatic carbocycles. The third-order valence-electron chi connectivity index (χ3n) is 4.01. The minimum absolute atomic E-state index is 0.135. The first-order chi connectivity index (χ1) is 13.1. The summed E-state index contributed by atoms with van der Waals surface area (Å²) in [5.41, 5.74) is 0.00558. The highest BCUT2D eigenvalue weighted by atomic mass is 19.1. The van der Waals surface area contributed by atoms with Gasteiger partial charge in [0.2, 0.25) is 5.82 Å². The molecule has 0 aliphatic rings. The van der Waals surface area contributed by atoms with Crippen LogP contribution in [0.15, 0.2) is 51.8 Å². The second kappa shape index (κ2) is 6.56. The van der Waals surface area contributed by atoms with Crippen LogP contribution in [-0.4, -0.2) is 26.8 Å². The van der Waals surface area contributed by atoms with Crippen LogP contribution in [0, 0.1) is 5.82 Å². The Hall–Kier alpha value is -3.68. The SMILES string of the molecule is CCOc1ccc(-c2noc(-c3c(O)c4ccc(F)cc4[nH]c3=O)n2)cc1. The van der Waals surface area contributed by atoms with Gasteiger partial charge in [-0.25, -0.2) is 4.39 Å². The van der Waals surface area contributed by atoms with E-state index in [0.29, 0.717) is 17.9 Å². The average molecular weight is 367 g/mol. The molecule has 0 saturated carbocycles. The number of nitrogens with one attached hydrogen (secondary N) is 1. The van der Waals surface area contributed by atoms with Gasteiger partial charge in [-0.15, -0.1) is 0 Å². The van der Waals surface area contributed by atoms with E-state index < -0.39 is 11.4 Å². The van der Waals surface area contributed by atoms with Crippen LogP contribution in [0.5, 0.6) is 11.5 Å². The monoisotopic (exact) mass is 367 g/mol.